The van der Waals surface area contributed by atoms with Gasteiger partial charge in [0.05, 0.1) is 6.61 Å². The number of fused-ring (bicyclic) bond motifs is 2. The quantitative estimate of drug-likeness (QED) is 0.440. The minimum absolute atomic E-state index is 0.786. The molecule has 0 saturated carbocycles. The number of ether oxygens (including phenoxy) is 1. The van der Waals surface area contributed by atoms with Gasteiger partial charge in [0.25, 0.3) is 0 Å². The highest BCUT2D eigenvalue weighted by Gasteiger charge is 2.11. The molecule has 4 rings (SSSR count). The first-order valence-electron chi connectivity index (χ1n) is 9.50. The zero-order chi connectivity index (χ0) is 17.8. The summed E-state index contributed by atoms with van der Waals surface area (Å²) < 4.78 is 6.07. The average Bonchev–Trinajstić information content (AvgIpc) is 3.10. The van der Waals surface area contributed by atoms with Crippen LogP contribution in [0, 0.1) is 0 Å². The molecule has 3 aromatic rings. The predicted octanol–water partition coefficient (Wildman–Crippen LogP) is 6.98. The van der Waals surface area contributed by atoms with Gasteiger partial charge in [0.15, 0.2) is 0 Å². The van der Waals surface area contributed by atoms with Crippen molar-refractivity contribution in [1.82, 2.24) is 0 Å². The van der Waals surface area contributed by atoms with E-state index in [9.17, 15) is 0 Å². The lowest BCUT2D eigenvalue weighted by Crippen LogP contribution is -1.98. The maximum Gasteiger partial charge on any atom is 0.127 e. The molecule has 1 nitrogen and oxygen atoms in total. The normalized spacial score (nSPS) is 14.1. The second-order valence-corrected chi connectivity index (χ2v) is 6.77. The molecule has 1 aliphatic carbocycles. The molecular formula is C25H24O. The van der Waals surface area contributed by atoms with Crippen LogP contribution in [-0.2, 0) is 0 Å². The van der Waals surface area contributed by atoms with Crippen LogP contribution in [0.1, 0.15) is 42.9 Å². The summed E-state index contributed by atoms with van der Waals surface area (Å²) in [5, 5.41) is 2.43. The summed E-state index contributed by atoms with van der Waals surface area (Å²) in [6.45, 7) is 3.00. The van der Waals surface area contributed by atoms with Gasteiger partial charge in [-0.1, -0.05) is 86.5 Å². The lowest BCUT2D eigenvalue weighted by Gasteiger charge is -2.12. The summed E-state index contributed by atoms with van der Waals surface area (Å²) in [4.78, 5) is 0. The molecule has 1 heteroatoms. The first-order valence-corrected chi connectivity index (χ1v) is 9.50. The van der Waals surface area contributed by atoms with Crippen molar-refractivity contribution >= 4 is 28.5 Å². The molecule has 3 aromatic carbocycles. The van der Waals surface area contributed by atoms with Gasteiger partial charge in [0.2, 0.25) is 0 Å². The van der Waals surface area contributed by atoms with Crippen LogP contribution in [0.3, 0.4) is 0 Å². The van der Waals surface area contributed by atoms with Crippen LogP contribution in [0.4, 0.5) is 0 Å². The number of unbranched alkanes of at least 4 members (excludes halogenated alkanes) is 2. The van der Waals surface area contributed by atoms with Crippen LogP contribution in [0.5, 0.6) is 5.75 Å². The van der Waals surface area contributed by atoms with Crippen molar-refractivity contribution in [1.29, 1.82) is 0 Å². The van der Waals surface area contributed by atoms with Crippen LogP contribution in [0.15, 0.2) is 66.7 Å². The van der Waals surface area contributed by atoms with Gasteiger partial charge in [0, 0.05) is 5.39 Å². The maximum atomic E-state index is 6.07. The van der Waals surface area contributed by atoms with E-state index in [4.69, 9.17) is 4.74 Å². The van der Waals surface area contributed by atoms with Crippen LogP contribution in [-0.4, -0.2) is 6.61 Å². The van der Waals surface area contributed by atoms with Gasteiger partial charge < -0.3 is 4.74 Å². The molecule has 0 amide bonds. The molecule has 130 valence electrons. The van der Waals surface area contributed by atoms with Crippen molar-refractivity contribution < 1.29 is 4.74 Å². The van der Waals surface area contributed by atoms with Crippen LogP contribution in [0.2, 0.25) is 0 Å². The summed E-state index contributed by atoms with van der Waals surface area (Å²) in [5.74, 6) is 0.987. The van der Waals surface area contributed by atoms with E-state index in [0.717, 1.165) is 18.8 Å². The summed E-state index contributed by atoms with van der Waals surface area (Å²) >= 11 is 0. The molecular weight excluding hydrogens is 316 g/mol. The van der Waals surface area contributed by atoms with Gasteiger partial charge in [-0.3, -0.25) is 0 Å². The Morgan fingerprint density at radius 2 is 1.62 bits per heavy atom. The molecule has 0 N–H and O–H groups in total. The first kappa shape index (κ1) is 16.7. The molecule has 0 bridgehead atoms. The minimum Gasteiger partial charge on any atom is -0.493 e. The Morgan fingerprint density at radius 1 is 0.808 bits per heavy atom. The van der Waals surface area contributed by atoms with Crippen molar-refractivity contribution in [3.63, 3.8) is 0 Å². The van der Waals surface area contributed by atoms with Gasteiger partial charge in [-0.05, 0) is 46.2 Å². The number of benzene rings is 3. The predicted molar refractivity (Wildman–Crippen MR) is 112 cm³/mol. The fraction of sp³-hybridized carbons (Fsp3) is 0.200. The zero-order valence-corrected chi connectivity index (χ0v) is 15.2. The monoisotopic (exact) mass is 340 g/mol. The van der Waals surface area contributed by atoms with E-state index in [1.807, 2.05) is 0 Å². The molecule has 0 unspecified atom stereocenters. The lowest BCUT2D eigenvalue weighted by atomic mass is 9.99. The second kappa shape index (κ2) is 7.61. The number of hydrogen-bond donors (Lipinski definition) is 0. The molecule has 0 aliphatic heterocycles. The van der Waals surface area contributed by atoms with E-state index in [1.165, 1.54) is 45.9 Å². The van der Waals surface area contributed by atoms with Gasteiger partial charge in [-0.15, -0.1) is 0 Å². The number of rotatable bonds is 6. The van der Waals surface area contributed by atoms with E-state index in [2.05, 4.69) is 85.8 Å². The van der Waals surface area contributed by atoms with Gasteiger partial charge in [-0.25, -0.2) is 0 Å². The minimum atomic E-state index is 0.786. The topological polar surface area (TPSA) is 9.23 Å². The molecule has 1 aliphatic rings. The van der Waals surface area contributed by atoms with Crippen molar-refractivity contribution in [2.45, 2.75) is 26.2 Å². The molecule has 0 fully saturated rings. The standard InChI is InChI=1S/C25H24O/c1-2-3-8-17-26-25-16-15-21(23-11-6-7-12-24(23)25)18-20-14-13-19-9-4-5-10-22(19)20/h4-7,9-16,18H,2-3,8,17H2,1H3. The Hall–Kier alpha value is -2.80. The second-order valence-electron chi connectivity index (χ2n) is 6.77. The number of hydrogen-bond acceptors (Lipinski definition) is 1. The smallest absolute Gasteiger partial charge is 0.127 e. The highest BCUT2D eigenvalue weighted by atomic mass is 16.5. The Morgan fingerprint density at radius 3 is 2.50 bits per heavy atom. The van der Waals surface area contributed by atoms with E-state index >= 15 is 0 Å². The molecule has 0 heterocycles. The number of allylic oxidation sites excluding steroid dienone is 2. The highest BCUT2D eigenvalue weighted by Crippen LogP contribution is 2.34. The molecule has 26 heavy (non-hydrogen) atoms. The van der Waals surface area contributed by atoms with Crippen molar-refractivity contribution in [2.24, 2.45) is 0 Å². The van der Waals surface area contributed by atoms with Gasteiger partial charge in [0.1, 0.15) is 5.75 Å². The highest BCUT2D eigenvalue weighted by molar-refractivity contribution is 6.03. The third-order valence-electron chi connectivity index (χ3n) is 4.95. The fourth-order valence-electron chi connectivity index (χ4n) is 3.55. The van der Waals surface area contributed by atoms with Crippen molar-refractivity contribution in [3.05, 3.63) is 83.4 Å². The molecule has 0 saturated heterocycles. The largest absolute Gasteiger partial charge is 0.493 e. The Balaban J connectivity index is 1.69. The van der Waals surface area contributed by atoms with Crippen molar-refractivity contribution in [3.8, 4) is 5.75 Å². The fourth-order valence-corrected chi connectivity index (χ4v) is 3.55. The van der Waals surface area contributed by atoms with Gasteiger partial charge in [-0.2, -0.15) is 0 Å². The maximum absolute atomic E-state index is 6.07. The molecule has 0 aromatic heterocycles. The Kier molecular flexibility index (Phi) is 4.88. The van der Waals surface area contributed by atoms with Gasteiger partial charge >= 0.3 is 0 Å². The average molecular weight is 340 g/mol. The molecule has 0 atom stereocenters. The summed E-state index contributed by atoms with van der Waals surface area (Å²) in [7, 11) is 0. The Bertz CT molecular complexity index is 978. The zero-order valence-electron chi connectivity index (χ0n) is 15.2. The molecule has 0 radical (unpaired) electrons. The SMILES string of the molecule is CCCCCOc1ccc(C=C2C=Cc3ccccc32)c2ccccc12. The van der Waals surface area contributed by atoms with Crippen LogP contribution in [0.25, 0.3) is 28.5 Å². The summed E-state index contributed by atoms with van der Waals surface area (Å²) in [6.07, 6.45) is 10.2. The first-order chi connectivity index (χ1) is 12.9. The summed E-state index contributed by atoms with van der Waals surface area (Å²) in [5.41, 5.74) is 5.09. The lowest BCUT2D eigenvalue weighted by molar-refractivity contribution is 0.310. The third kappa shape index (κ3) is 3.30. The molecule has 0 spiro atoms. The van der Waals surface area contributed by atoms with E-state index in [1.54, 1.807) is 0 Å². The van der Waals surface area contributed by atoms with E-state index < -0.39 is 0 Å². The van der Waals surface area contributed by atoms with E-state index in [-0.39, 0.29) is 0 Å². The summed E-state index contributed by atoms with van der Waals surface area (Å²) in [6, 6.07) is 21.4. The Labute approximate surface area is 155 Å². The van der Waals surface area contributed by atoms with E-state index in [0.29, 0.717) is 0 Å². The third-order valence-corrected chi connectivity index (χ3v) is 4.95. The van der Waals surface area contributed by atoms with Crippen LogP contribution < -0.4 is 4.74 Å². The van der Waals surface area contributed by atoms with Crippen molar-refractivity contribution in [2.75, 3.05) is 6.61 Å². The van der Waals surface area contributed by atoms with Crippen LogP contribution >= 0.6 is 0 Å².